The number of fused-ring (bicyclic) bond motifs is 2. The zero-order valence-electron chi connectivity index (χ0n) is 10.5. The normalized spacial score (nSPS) is 13.8. The average molecular weight is 348 g/mol. The number of hydrogen-bond acceptors (Lipinski definition) is 4. The summed E-state index contributed by atoms with van der Waals surface area (Å²) < 4.78 is 2.76. The highest BCUT2D eigenvalue weighted by Crippen LogP contribution is 2.30. The molecule has 100 valence electrons. The number of thiazole rings is 1. The van der Waals surface area contributed by atoms with Gasteiger partial charge in [-0.1, -0.05) is 39.4 Å². The summed E-state index contributed by atoms with van der Waals surface area (Å²) in [5.74, 6) is 0.895. The van der Waals surface area contributed by atoms with Gasteiger partial charge in [0.2, 0.25) is 0 Å². The van der Waals surface area contributed by atoms with Gasteiger partial charge < -0.3 is 0 Å². The largest absolute Gasteiger partial charge is 0.295 e. The quantitative estimate of drug-likeness (QED) is 0.678. The van der Waals surface area contributed by atoms with Crippen LogP contribution in [-0.2, 0) is 13.0 Å². The molecular formula is C14H10BrN3OS. The van der Waals surface area contributed by atoms with Crippen molar-refractivity contribution >= 4 is 37.6 Å². The van der Waals surface area contributed by atoms with Crippen molar-refractivity contribution in [1.29, 1.82) is 0 Å². The molecule has 1 aromatic carbocycles. The molecule has 2 aromatic heterocycles. The van der Waals surface area contributed by atoms with Crippen molar-refractivity contribution in [3.05, 3.63) is 44.9 Å². The van der Waals surface area contributed by atoms with E-state index in [0.717, 1.165) is 45.1 Å². The summed E-state index contributed by atoms with van der Waals surface area (Å²) in [4.78, 5) is 22.2. The van der Waals surface area contributed by atoms with Gasteiger partial charge in [0.25, 0.3) is 5.56 Å². The minimum Gasteiger partial charge on any atom is -0.295 e. The van der Waals surface area contributed by atoms with E-state index in [0.29, 0.717) is 5.52 Å². The number of nitrogens with zero attached hydrogens (tertiary/aromatic N) is 3. The summed E-state index contributed by atoms with van der Waals surface area (Å²) in [5, 5.41) is 0.843. The van der Waals surface area contributed by atoms with Gasteiger partial charge >= 0.3 is 0 Å². The van der Waals surface area contributed by atoms with Crippen LogP contribution in [0.4, 0.5) is 0 Å². The van der Waals surface area contributed by atoms with E-state index in [2.05, 4.69) is 25.9 Å². The highest BCUT2D eigenvalue weighted by Gasteiger charge is 2.19. The first-order valence-electron chi connectivity index (χ1n) is 6.38. The Kier molecular flexibility index (Phi) is 2.75. The lowest BCUT2D eigenvalue weighted by Crippen LogP contribution is -2.20. The topological polar surface area (TPSA) is 47.8 Å². The lowest BCUT2D eigenvalue weighted by molar-refractivity contribution is 0.718. The van der Waals surface area contributed by atoms with Crippen LogP contribution in [0, 0.1) is 0 Å². The maximum Gasteiger partial charge on any atom is 0.280 e. The van der Waals surface area contributed by atoms with Gasteiger partial charge in [0.15, 0.2) is 10.3 Å². The third kappa shape index (κ3) is 1.83. The molecule has 3 heterocycles. The highest BCUT2D eigenvalue weighted by molar-refractivity contribution is 9.10. The Balaban J connectivity index is 1.96. The molecule has 1 aliphatic rings. The second kappa shape index (κ2) is 4.49. The molecule has 0 N–H and O–H groups in total. The molecule has 3 aromatic rings. The first kappa shape index (κ1) is 12.2. The van der Waals surface area contributed by atoms with Crippen LogP contribution in [0.1, 0.15) is 12.2 Å². The SMILES string of the molecule is O=c1c2nc(-c3cccc(Br)c3)sc2nc2n1CCC2. The molecule has 0 unspecified atom stereocenters. The van der Waals surface area contributed by atoms with E-state index in [1.807, 2.05) is 24.3 Å². The van der Waals surface area contributed by atoms with Crippen molar-refractivity contribution in [3.8, 4) is 10.6 Å². The van der Waals surface area contributed by atoms with E-state index in [4.69, 9.17) is 0 Å². The Hall–Kier alpha value is -1.53. The molecule has 0 saturated carbocycles. The van der Waals surface area contributed by atoms with Gasteiger partial charge in [-0.15, -0.1) is 0 Å². The second-order valence-electron chi connectivity index (χ2n) is 4.77. The standard InChI is InChI=1S/C14H10BrN3OS/c15-9-4-1-3-8(7-9)12-17-11-13(20-12)16-10-5-2-6-18(10)14(11)19/h1,3-4,7H,2,5-6H2. The van der Waals surface area contributed by atoms with Crippen molar-refractivity contribution in [2.75, 3.05) is 0 Å². The fourth-order valence-electron chi connectivity index (χ4n) is 2.51. The summed E-state index contributed by atoms with van der Waals surface area (Å²) >= 11 is 4.94. The van der Waals surface area contributed by atoms with Crippen molar-refractivity contribution in [2.45, 2.75) is 19.4 Å². The van der Waals surface area contributed by atoms with Crippen LogP contribution in [0.25, 0.3) is 20.9 Å². The Bertz CT molecular complexity index is 884. The zero-order chi connectivity index (χ0) is 13.7. The molecule has 0 bridgehead atoms. The summed E-state index contributed by atoms with van der Waals surface area (Å²) in [5.41, 5.74) is 1.50. The molecule has 0 atom stereocenters. The molecule has 4 rings (SSSR count). The Labute approximate surface area is 127 Å². The summed E-state index contributed by atoms with van der Waals surface area (Å²) in [7, 11) is 0. The lowest BCUT2D eigenvalue weighted by Gasteiger charge is -1.99. The van der Waals surface area contributed by atoms with Gasteiger partial charge in [0.1, 0.15) is 10.8 Å². The molecule has 0 radical (unpaired) electrons. The molecule has 0 saturated heterocycles. The fraction of sp³-hybridized carbons (Fsp3) is 0.214. The van der Waals surface area contributed by atoms with E-state index >= 15 is 0 Å². The predicted octanol–water partition coefficient (Wildman–Crippen LogP) is 3.23. The molecule has 0 aliphatic carbocycles. The molecule has 20 heavy (non-hydrogen) atoms. The molecule has 0 spiro atoms. The maximum atomic E-state index is 12.4. The Morgan fingerprint density at radius 1 is 1.30 bits per heavy atom. The van der Waals surface area contributed by atoms with Crippen molar-refractivity contribution < 1.29 is 0 Å². The van der Waals surface area contributed by atoms with Crippen LogP contribution < -0.4 is 5.56 Å². The number of aryl methyl sites for hydroxylation is 1. The first-order chi connectivity index (χ1) is 9.72. The van der Waals surface area contributed by atoms with E-state index in [9.17, 15) is 4.79 Å². The average Bonchev–Trinajstić information content (AvgIpc) is 3.05. The predicted molar refractivity (Wildman–Crippen MR) is 83.1 cm³/mol. The van der Waals surface area contributed by atoms with Crippen molar-refractivity contribution in [1.82, 2.24) is 14.5 Å². The summed E-state index contributed by atoms with van der Waals surface area (Å²) in [6.07, 6.45) is 1.88. The summed E-state index contributed by atoms with van der Waals surface area (Å²) in [6.45, 7) is 0.765. The van der Waals surface area contributed by atoms with Crippen LogP contribution in [-0.4, -0.2) is 14.5 Å². The smallest absolute Gasteiger partial charge is 0.280 e. The maximum absolute atomic E-state index is 12.4. The monoisotopic (exact) mass is 347 g/mol. The van der Waals surface area contributed by atoms with Gasteiger partial charge in [0.05, 0.1) is 0 Å². The number of halogens is 1. The van der Waals surface area contributed by atoms with Crippen molar-refractivity contribution in [3.63, 3.8) is 0 Å². The van der Waals surface area contributed by atoms with Crippen LogP contribution in [0.3, 0.4) is 0 Å². The molecule has 0 amide bonds. The second-order valence-corrected chi connectivity index (χ2v) is 6.66. The molecule has 4 nitrogen and oxygen atoms in total. The minimum atomic E-state index is -0.00000295. The number of hydrogen-bond donors (Lipinski definition) is 0. The first-order valence-corrected chi connectivity index (χ1v) is 7.99. The van der Waals surface area contributed by atoms with Crippen LogP contribution in [0.5, 0.6) is 0 Å². The van der Waals surface area contributed by atoms with E-state index in [-0.39, 0.29) is 5.56 Å². The van der Waals surface area contributed by atoms with Gasteiger partial charge in [-0.05, 0) is 18.6 Å². The third-order valence-electron chi connectivity index (χ3n) is 3.45. The van der Waals surface area contributed by atoms with Gasteiger partial charge in [-0.2, -0.15) is 0 Å². The molecule has 1 aliphatic heterocycles. The molecule has 6 heteroatoms. The van der Waals surface area contributed by atoms with Crippen LogP contribution in [0.2, 0.25) is 0 Å². The molecule has 0 fully saturated rings. The number of rotatable bonds is 1. The fourth-order valence-corrected chi connectivity index (χ4v) is 3.86. The number of aromatic nitrogens is 3. The van der Waals surface area contributed by atoms with Gasteiger partial charge in [0, 0.05) is 23.0 Å². The van der Waals surface area contributed by atoms with Gasteiger partial charge in [-0.3, -0.25) is 9.36 Å². The summed E-state index contributed by atoms with van der Waals surface area (Å²) in [6, 6.07) is 7.93. The van der Waals surface area contributed by atoms with Crippen molar-refractivity contribution in [2.24, 2.45) is 0 Å². The van der Waals surface area contributed by atoms with E-state index in [1.165, 1.54) is 11.3 Å². The van der Waals surface area contributed by atoms with Gasteiger partial charge in [-0.25, -0.2) is 9.97 Å². The highest BCUT2D eigenvalue weighted by atomic mass is 79.9. The number of benzene rings is 1. The molecular weight excluding hydrogens is 338 g/mol. The third-order valence-corrected chi connectivity index (χ3v) is 4.94. The lowest BCUT2D eigenvalue weighted by atomic mass is 10.2. The van der Waals surface area contributed by atoms with Crippen LogP contribution >= 0.6 is 27.3 Å². The Morgan fingerprint density at radius 2 is 2.20 bits per heavy atom. The Morgan fingerprint density at radius 3 is 3.05 bits per heavy atom. The van der Waals surface area contributed by atoms with Crippen LogP contribution in [0.15, 0.2) is 33.5 Å². The van der Waals surface area contributed by atoms with E-state index < -0.39 is 0 Å². The zero-order valence-corrected chi connectivity index (χ0v) is 12.9. The van der Waals surface area contributed by atoms with E-state index in [1.54, 1.807) is 4.57 Å². The minimum absolute atomic E-state index is 0.00000295.